The van der Waals surface area contributed by atoms with Gasteiger partial charge in [-0.05, 0) is 73.5 Å². The SMILES string of the molecule is CCc1cc(OC(=O)c2ccccc2)ccc1OC.COc1ccc2[nH]c(C)cc2c1. The van der Waals surface area contributed by atoms with Crippen molar-refractivity contribution in [2.45, 2.75) is 20.3 Å². The number of carbonyl (C=O) groups is 1. The molecule has 0 amide bonds. The van der Waals surface area contributed by atoms with E-state index in [0.29, 0.717) is 11.3 Å². The molecule has 1 heterocycles. The van der Waals surface area contributed by atoms with Crippen LogP contribution in [0.3, 0.4) is 0 Å². The lowest BCUT2D eigenvalue weighted by Gasteiger charge is -2.09. The summed E-state index contributed by atoms with van der Waals surface area (Å²) in [4.78, 5) is 15.2. The third kappa shape index (κ3) is 5.66. The second-order valence-electron chi connectivity index (χ2n) is 6.99. The van der Waals surface area contributed by atoms with Crippen molar-refractivity contribution in [2.24, 2.45) is 0 Å². The van der Waals surface area contributed by atoms with Crippen LogP contribution in [0.25, 0.3) is 10.9 Å². The Morgan fingerprint density at radius 3 is 2.29 bits per heavy atom. The molecule has 0 aliphatic rings. The summed E-state index contributed by atoms with van der Waals surface area (Å²) in [5.74, 6) is 1.89. The third-order valence-electron chi connectivity index (χ3n) is 4.82. The highest BCUT2D eigenvalue weighted by Gasteiger charge is 2.09. The molecule has 5 nitrogen and oxygen atoms in total. The predicted molar refractivity (Wildman–Crippen MR) is 123 cm³/mol. The van der Waals surface area contributed by atoms with Gasteiger partial charge >= 0.3 is 5.97 Å². The number of ether oxygens (including phenoxy) is 3. The fourth-order valence-electron chi connectivity index (χ4n) is 3.22. The number of methoxy groups -OCH3 is 2. The number of hydrogen-bond donors (Lipinski definition) is 1. The Labute approximate surface area is 182 Å². The van der Waals surface area contributed by atoms with E-state index in [1.54, 1.807) is 32.4 Å². The lowest BCUT2D eigenvalue weighted by Crippen LogP contribution is -2.08. The fraction of sp³-hybridized carbons (Fsp3) is 0.192. The average molecular weight is 418 g/mol. The van der Waals surface area contributed by atoms with E-state index in [2.05, 4.69) is 11.1 Å². The molecule has 160 valence electrons. The van der Waals surface area contributed by atoms with Gasteiger partial charge in [0, 0.05) is 16.6 Å². The van der Waals surface area contributed by atoms with Crippen molar-refractivity contribution in [3.8, 4) is 17.2 Å². The first-order valence-corrected chi connectivity index (χ1v) is 10.1. The van der Waals surface area contributed by atoms with Gasteiger partial charge in [0.25, 0.3) is 0 Å². The molecule has 5 heteroatoms. The second kappa shape index (κ2) is 10.3. The van der Waals surface area contributed by atoms with Crippen LogP contribution in [0.5, 0.6) is 17.2 Å². The molecule has 1 N–H and O–H groups in total. The van der Waals surface area contributed by atoms with Gasteiger partial charge < -0.3 is 19.2 Å². The summed E-state index contributed by atoms with van der Waals surface area (Å²) in [5, 5.41) is 1.20. The zero-order valence-corrected chi connectivity index (χ0v) is 18.3. The van der Waals surface area contributed by atoms with E-state index >= 15 is 0 Å². The Morgan fingerprint density at radius 1 is 0.871 bits per heavy atom. The number of aromatic amines is 1. The predicted octanol–water partition coefficient (Wildman–Crippen LogP) is 5.96. The van der Waals surface area contributed by atoms with E-state index < -0.39 is 0 Å². The standard InChI is InChI=1S/C16H16O3.C10H11NO/c1-3-12-11-14(9-10-15(12)18-2)19-16(17)13-7-5-4-6-8-13;1-7-5-8-6-9(12-2)3-4-10(8)11-7/h4-11H,3H2,1-2H3;3-6,11H,1-2H3. The van der Waals surface area contributed by atoms with E-state index in [1.807, 2.05) is 62.4 Å². The third-order valence-corrected chi connectivity index (χ3v) is 4.82. The van der Waals surface area contributed by atoms with Gasteiger partial charge in [0.1, 0.15) is 17.2 Å². The van der Waals surface area contributed by atoms with E-state index in [4.69, 9.17) is 14.2 Å². The van der Waals surface area contributed by atoms with Crippen molar-refractivity contribution in [3.05, 3.63) is 89.6 Å². The molecule has 4 rings (SSSR count). The summed E-state index contributed by atoms with van der Waals surface area (Å²) in [6, 6.07) is 22.4. The Bertz CT molecular complexity index is 1150. The van der Waals surface area contributed by atoms with Crippen molar-refractivity contribution in [2.75, 3.05) is 14.2 Å². The summed E-state index contributed by atoms with van der Waals surface area (Å²) >= 11 is 0. The number of fused-ring (bicyclic) bond motifs is 1. The van der Waals surface area contributed by atoms with Gasteiger partial charge in [-0.25, -0.2) is 4.79 Å². The van der Waals surface area contributed by atoms with Crippen molar-refractivity contribution >= 4 is 16.9 Å². The van der Waals surface area contributed by atoms with E-state index in [-0.39, 0.29) is 5.97 Å². The number of esters is 1. The van der Waals surface area contributed by atoms with E-state index in [1.165, 1.54) is 11.1 Å². The smallest absolute Gasteiger partial charge is 0.343 e. The van der Waals surface area contributed by atoms with E-state index in [0.717, 1.165) is 29.0 Å². The highest BCUT2D eigenvalue weighted by molar-refractivity contribution is 5.91. The molecular formula is C26H27NO4. The molecule has 31 heavy (non-hydrogen) atoms. The minimum absolute atomic E-state index is 0.354. The number of benzene rings is 3. The van der Waals surface area contributed by atoms with Crippen molar-refractivity contribution in [3.63, 3.8) is 0 Å². The summed E-state index contributed by atoms with van der Waals surface area (Å²) in [6.07, 6.45) is 0.819. The highest BCUT2D eigenvalue weighted by Crippen LogP contribution is 2.25. The Balaban J connectivity index is 0.000000194. The molecule has 0 aliphatic carbocycles. The molecule has 0 fully saturated rings. The molecule has 0 atom stereocenters. The number of carbonyl (C=O) groups excluding carboxylic acids is 1. The number of aryl methyl sites for hydroxylation is 2. The van der Waals surface area contributed by atoms with Crippen LogP contribution in [-0.2, 0) is 6.42 Å². The van der Waals surface area contributed by atoms with Gasteiger partial charge in [-0.15, -0.1) is 0 Å². The molecule has 3 aromatic carbocycles. The number of hydrogen-bond acceptors (Lipinski definition) is 4. The zero-order chi connectivity index (χ0) is 22.2. The average Bonchev–Trinajstić information content (AvgIpc) is 3.19. The van der Waals surface area contributed by atoms with Gasteiger partial charge in [-0.3, -0.25) is 0 Å². The molecule has 0 saturated carbocycles. The summed E-state index contributed by atoms with van der Waals surface area (Å²) in [5.41, 5.74) is 3.89. The minimum atomic E-state index is -0.354. The number of H-pyrrole nitrogens is 1. The van der Waals surface area contributed by atoms with Crippen LogP contribution in [0.4, 0.5) is 0 Å². The monoisotopic (exact) mass is 417 g/mol. The summed E-state index contributed by atoms with van der Waals surface area (Å²) in [6.45, 7) is 4.08. The minimum Gasteiger partial charge on any atom is -0.497 e. The highest BCUT2D eigenvalue weighted by atomic mass is 16.5. The zero-order valence-electron chi connectivity index (χ0n) is 18.3. The van der Waals surface area contributed by atoms with E-state index in [9.17, 15) is 4.79 Å². The molecule has 0 saturated heterocycles. The topological polar surface area (TPSA) is 60.6 Å². The van der Waals surface area contributed by atoms with Crippen LogP contribution in [0.2, 0.25) is 0 Å². The van der Waals surface area contributed by atoms with Crippen LogP contribution in [0.1, 0.15) is 28.5 Å². The van der Waals surface area contributed by atoms with Crippen LogP contribution >= 0.6 is 0 Å². The quantitative estimate of drug-likeness (QED) is 0.321. The van der Waals surface area contributed by atoms with Gasteiger partial charge in [-0.2, -0.15) is 0 Å². The number of aromatic nitrogens is 1. The number of nitrogens with one attached hydrogen (secondary N) is 1. The first-order chi connectivity index (χ1) is 15.0. The second-order valence-corrected chi connectivity index (χ2v) is 6.99. The lowest BCUT2D eigenvalue weighted by molar-refractivity contribution is 0.0734. The van der Waals surface area contributed by atoms with Crippen molar-refractivity contribution in [1.82, 2.24) is 4.98 Å². The summed E-state index contributed by atoms with van der Waals surface area (Å²) < 4.78 is 15.7. The Kier molecular flexibility index (Phi) is 7.33. The maximum atomic E-state index is 11.9. The van der Waals surface area contributed by atoms with Crippen LogP contribution in [-0.4, -0.2) is 25.2 Å². The van der Waals surface area contributed by atoms with Gasteiger partial charge in [0.05, 0.1) is 19.8 Å². The van der Waals surface area contributed by atoms with Gasteiger partial charge in [0.15, 0.2) is 0 Å². The van der Waals surface area contributed by atoms with Crippen LogP contribution < -0.4 is 14.2 Å². The van der Waals surface area contributed by atoms with Crippen molar-refractivity contribution in [1.29, 1.82) is 0 Å². The molecule has 0 spiro atoms. The molecule has 0 aliphatic heterocycles. The van der Waals surface area contributed by atoms with Crippen LogP contribution in [0.15, 0.2) is 72.8 Å². The largest absolute Gasteiger partial charge is 0.497 e. The molecule has 0 unspecified atom stereocenters. The summed E-state index contributed by atoms with van der Waals surface area (Å²) in [7, 11) is 3.31. The van der Waals surface area contributed by atoms with Gasteiger partial charge in [0.2, 0.25) is 0 Å². The van der Waals surface area contributed by atoms with Gasteiger partial charge in [-0.1, -0.05) is 25.1 Å². The maximum absolute atomic E-state index is 11.9. The Morgan fingerprint density at radius 2 is 1.61 bits per heavy atom. The Hall–Kier alpha value is -3.73. The molecular weight excluding hydrogens is 390 g/mol. The van der Waals surface area contributed by atoms with Crippen LogP contribution in [0, 0.1) is 6.92 Å². The number of rotatable bonds is 5. The normalized spacial score (nSPS) is 10.2. The maximum Gasteiger partial charge on any atom is 0.343 e. The molecule has 1 aromatic heterocycles. The lowest BCUT2D eigenvalue weighted by atomic mass is 10.1. The molecule has 4 aromatic rings. The molecule has 0 radical (unpaired) electrons. The fourth-order valence-corrected chi connectivity index (χ4v) is 3.22. The first-order valence-electron chi connectivity index (χ1n) is 10.1. The first kappa shape index (κ1) is 22.0. The molecule has 0 bridgehead atoms. The van der Waals surface area contributed by atoms with Crippen molar-refractivity contribution < 1.29 is 19.0 Å².